The molecule has 0 aromatic heterocycles. The number of carbonyl (C=O) groups is 1. The van der Waals surface area contributed by atoms with E-state index >= 15 is 0 Å². The largest absolute Gasteiger partial charge is 0.463 e. The Morgan fingerprint density at radius 3 is 2.67 bits per heavy atom. The van der Waals surface area contributed by atoms with Crippen molar-refractivity contribution in [3.8, 4) is 0 Å². The zero-order valence-corrected chi connectivity index (χ0v) is 8.77. The Labute approximate surface area is 89.9 Å². The van der Waals surface area contributed by atoms with Crippen LogP contribution in [0, 0.1) is 0 Å². The first-order valence-corrected chi connectivity index (χ1v) is 4.84. The van der Waals surface area contributed by atoms with E-state index in [1.165, 1.54) is 6.08 Å². The first kappa shape index (κ1) is 11.2. The summed E-state index contributed by atoms with van der Waals surface area (Å²) in [5.74, 6) is -0.323. The first-order chi connectivity index (χ1) is 7.27. The zero-order valence-electron chi connectivity index (χ0n) is 8.77. The third kappa shape index (κ3) is 3.43. The van der Waals surface area contributed by atoms with Crippen LogP contribution in [0.4, 0.5) is 0 Å². The van der Waals surface area contributed by atoms with Crippen LogP contribution in [0.1, 0.15) is 18.1 Å². The molecule has 78 valence electrons. The average Bonchev–Trinajstić information content (AvgIpc) is 2.27. The molecule has 1 aromatic rings. The molecular weight excluding hydrogens is 188 g/mol. The maximum Gasteiger partial charge on any atom is 0.330 e. The van der Waals surface area contributed by atoms with E-state index < -0.39 is 0 Å². The first-order valence-electron chi connectivity index (χ1n) is 4.84. The summed E-state index contributed by atoms with van der Waals surface area (Å²) in [5, 5.41) is 0. The van der Waals surface area contributed by atoms with E-state index in [0.717, 1.165) is 11.1 Å². The summed E-state index contributed by atoms with van der Waals surface area (Å²) in [6.45, 7) is 5.88. The Balaban J connectivity index is 2.79. The quantitative estimate of drug-likeness (QED) is 0.554. The van der Waals surface area contributed by atoms with Gasteiger partial charge in [0.2, 0.25) is 0 Å². The molecule has 0 atom stereocenters. The fourth-order valence-corrected chi connectivity index (χ4v) is 1.20. The number of hydrogen-bond acceptors (Lipinski definition) is 2. The van der Waals surface area contributed by atoms with Crippen LogP contribution >= 0.6 is 0 Å². The number of benzene rings is 1. The van der Waals surface area contributed by atoms with Crippen molar-refractivity contribution in [3.63, 3.8) is 0 Å². The number of carbonyl (C=O) groups excluding carboxylic acids is 1. The van der Waals surface area contributed by atoms with Crippen molar-refractivity contribution in [2.24, 2.45) is 0 Å². The second-order valence-corrected chi connectivity index (χ2v) is 2.92. The van der Waals surface area contributed by atoms with Crippen molar-refractivity contribution in [1.82, 2.24) is 0 Å². The normalized spacial score (nSPS) is 10.2. The van der Waals surface area contributed by atoms with Crippen LogP contribution in [-0.2, 0) is 9.53 Å². The Kier molecular flexibility index (Phi) is 4.35. The molecule has 2 heteroatoms. The highest BCUT2D eigenvalue weighted by Gasteiger charge is 1.96. The Hall–Kier alpha value is -1.83. The predicted octanol–water partition coefficient (Wildman–Crippen LogP) is 2.91. The summed E-state index contributed by atoms with van der Waals surface area (Å²) in [7, 11) is 0. The van der Waals surface area contributed by atoms with Crippen LogP contribution in [0.5, 0.6) is 0 Å². The third-order valence-corrected chi connectivity index (χ3v) is 1.90. The fraction of sp³-hybridized carbons (Fsp3) is 0.154. The molecule has 0 saturated carbocycles. The third-order valence-electron chi connectivity index (χ3n) is 1.90. The smallest absolute Gasteiger partial charge is 0.330 e. The zero-order chi connectivity index (χ0) is 11.1. The van der Waals surface area contributed by atoms with Crippen LogP contribution in [0.15, 0.2) is 36.9 Å². The van der Waals surface area contributed by atoms with Crippen LogP contribution in [0.2, 0.25) is 0 Å². The van der Waals surface area contributed by atoms with Crippen molar-refractivity contribution in [2.75, 3.05) is 6.61 Å². The van der Waals surface area contributed by atoms with Gasteiger partial charge in [-0.3, -0.25) is 0 Å². The second-order valence-electron chi connectivity index (χ2n) is 2.92. The number of ether oxygens (including phenoxy) is 1. The molecule has 1 aromatic carbocycles. The minimum Gasteiger partial charge on any atom is -0.463 e. The molecule has 0 spiro atoms. The molecule has 1 rings (SSSR count). The summed E-state index contributed by atoms with van der Waals surface area (Å²) >= 11 is 0. The topological polar surface area (TPSA) is 26.3 Å². The van der Waals surface area contributed by atoms with Gasteiger partial charge in [0.05, 0.1) is 6.61 Å². The van der Waals surface area contributed by atoms with Gasteiger partial charge in [-0.25, -0.2) is 4.79 Å². The van der Waals surface area contributed by atoms with Crippen LogP contribution < -0.4 is 0 Å². The van der Waals surface area contributed by atoms with Gasteiger partial charge in [-0.15, -0.1) is 0 Å². The summed E-state index contributed by atoms with van der Waals surface area (Å²) in [6, 6.07) is 7.71. The van der Waals surface area contributed by atoms with Crippen molar-refractivity contribution >= 4 is 18.1 Å². The SMILES string of the molecule is C=Cc1ccccc1C=CC(=O)OCC. The highest BCUT2D eigenvalue weighted by molar-refractivity contribution is 5.87. The standard InChI is InChI=1S/C13H14O2/c1-3-11-7-5-6-8-12(11)9-10-13(14)15-4-2/h3,5-10H,1,4H2,2H3. The predicted molar refractivity (Wildman–Crippen MR) is 62.2 cm³/mol. The van der Waals surface area contributed by atoms with E-state index in [1.807, 2.05) is 24.3 Å². The van der Waals surface area contributed by atoms with Gasteiger partial charge >= 0.3 is 5.97 Å². The number of esters is 1. The van der Waals surface area contributed by atoms with Crippen LogP contribution in [-0.4, -0.2) is 12.6 Å². The fourth-order valence-electron chi connectivity index (χ4n) is 1.20. The summed E-state index contributed by atoms with van der Waals surface area (Å²) in [6.07, 6.45) is 4.91. The van der Waals surface area contributed by atoms with E-state index in [-0.39, 0.29) is 5.97 Å². The molecule has 0 saturated heterocycles. The minimum absolute atomic E-state index is 0.323. The molecule has 15 heavy (non-hydrogen) atoms. The molecular formula is C13H14O2. The van der Waals surface area contributed by atoms with Gasteiger partial charge < -0.3 is 4.74 Å². The molecule has 0 bridgehead atoms. The molecule has 0 amide bonds. The lowest BCUT2D eigenvalue weighted by atomic mass is 10.1. The summed E-state index contributed by atoms with van der Waals surface area (Å²) in [5.41, 5.74) is 1.96. The second kappa shape index (κ2) is 5.81. The van der Waals surface area contributed by atoms with E-state index in [1.54, 1.807) is 19.1 Å². The van der Waals surface area contributed by atoms with Gasteiger partial charge in [0.15, 0.2) is 0 Å². The number of rotatable bonds is 4. The van der Waals surface area contributed by atoms with Gasteiger partial charge in [-0.1, -0.05) is 36.9 Å². The van der Waals surface area contributed by atoms with Gasteiger partial charge in [0.25, 0.3) is 0 Å². The molecule has 0 aliphatic carbocycles. The molecule has 0 fully saturated rings. The molecule has 0 unspecified atom stereocenters. The molecule has 0 radical (unpaired) electrons. The average molecular weight is 202 g/mol. The van der Waals surface area contributed by atoms with E-state index in [2.05, 4.69) is 6.58 Å². The van der Waals surface area contributed by atoms with Crippen molar-refractivity contribution in [1.29, 1.82) is 0 Å². The van der Waals surface area contributed by atoms with E-state index in [0.29, 0.717) is 6.61 Å². The van der Waals surface area contributed by atoms with E-state index in [9.17, 15) is 4.79 Å². The van der Waals surface area contributed by atoms with E-state index in [4.69, 9.17) is 4.74 Å². The molecule has 0 N–H and O–H groups in total. The molecule has 0 aliphatic heterocycles. The maximum atomic E-state index is 11.1. The summed E-state index contributed by atoms with van der Waals surface area (Å²) in [4.78, 5) is 11.1. The monoisotopic (exact) mass is 202 g/mol. The van der Waals surface area contributed by atoms with Crippen molar-refractivity contribution < 1.29 is 9.53 Å². The Morgan fingerprint density at radius 1 is 1.40 bits per heavy atom. The van der Waals surface area contributed by atoms with Gasteiger partial charge in [0.1, 0.15) is 0 Å². The van der Waals surface area contributed by atoms with Crippen LogP contribution in [0.3, 0.4) is 0 Å². The molecule has 2 nitrogen and oxygen atoms in total. The summed E-state index contributed by atoms with van der Waals surface area (Å²) < 4.78 is 4.79. The Morgan fingerprint density at radius 2 is 2.07 bits per heavy atom. The minimum atomic E-state index is -0.323. The number of hydrogen-bond donors (Lipinski definition) is 0. The maximum absolute atomic E-state index is 11.1. The highest BCUT2D eigenvalue weighted by atomic mass is 16.5. The van der Waals surface area contributed by atoms with Gasteiger partial charge in [0, 0.05) is 6.08 Å². The lowest BCUT2D eigenvalue weighted by Crippen LogP contribution is -1.98. The van der Waals surface area contributed by atoms with Crippen LogP contribution in [0.25, 0.3) is 12.2 Å². The van der Waals surface area contributed by atoms with Crippen molar-refractivity contribution in [2.45, 2.75) is 6.92 Å². The lowest BCUT2D eigenvalue weighted by Gasteiger charge is -1.99. The molecule has 0 heterocycles. The highest BCUT2D eigenvalue weighted by Crippen LogP contribution is 2.11. The lowest BCUT2D eigenvalue weighted by molar-refractivity contribution is -0.137. The van der Waals surface area contributed by atoms with Crippen molar-refractivity contribution in [3.05, 3.63) is 48.0 Å². The van der Waals surface area contributed by atoms with Gasteiger partial charge in [-0.05, 0) is 24.1 Å². The molecule has 0 aliphatic rings. The Bertz CT molecular complexity index is 378. The van der Waals surface area contributed by atoms with Gasteiger partial charge in [-0.2, -0.15) is 0 Å².